The topological polar surface area (TPSA) is 35.6 Å². The maximum atomic E-state index is 11.8. The molecule has 0 spiro atoms. The van der Waals surface area contributed by atoms with E-state index < -0.39 is 0 Å². The van der Waals surface area contributed by atoms with Crippen LogP contribution in [0.3, 0.4) is 0 Å². The fourth-order valence-electron chi connectivity index (χ4n) is 2.62. The Morgan fingerprint density at radius 3 is 2.65 bits per heavy atom. The van der Waals surface area contributed by atoms with Crippen LogP contribution in [-0.2, 0) is 10.5 Å². The lowest BCUT2D eigenvalue weighted by Gasteiger charge is -2.32. The first-order chi connectivity index (χ1) is 11.2. The van der Waals surface area contributed by atoms with E-state index in [4.69, 9.17) is 0 Å². The third kappa shape index (κ3) is 7.86. The van der Waals surface area contributed by atoms with Crippen LogP contribution < -0.4 is 5.32 Å². The Hall–Kier alpha value is -1.04. The molecule has 0 bridgehead atoms. The average Bonchev–Trinajstić information content (AvgIpc) is 2.58. The second kappa shape index (κ2) is 10.7. The normalized spacial score (nSPS) is 16.4. The van der Waals surface area contributed by atoms with Gasteiger partial charge in [-0.1, -0.05) is 30.3 Å². The SMILES string of the molecule is CN1CCN(CCCNC(=O)CCSCc2ccccc2)CC1. The highest BCUT2D eigenvalue weighted by Gasteiger charge is 2.12. The summed E-state index contributed by atoms with van der Waals surface area (Å²) in [5.74, 6) is 2.06. The second-order valence-corrected chi connectivity index (χ2v) is 7.24. The molecule has 0 atom stereocenters. The van der Waals surface area contributed by atoms with E-state index in [2.05, 4.69) is 46.4 Å². The number of likely N-dealkylation sites (N-methyl/N-ethyl adjacent to an activating group) is 1. The minimum Gasteiger partial charge on any atom is -0.356 e. The quantitative estimate of drug-likeness (QED) is 0.701. The molecule has 1 aromatic rings. The van der Waals surface area contributed by atoms with Gasteiger partial charge in [-0.05, 0) is 25.6 Å². The molecular weight excluding hydrogens is 306 g/mol. The summed E-state index contributed by atoms with van der Waals surface area (Å²) in [5.41, 5.74) is 1.32. The first-order valence-electron chi connectivity index (χ1n) is 8.53. The van der Waals surface area contributed by atoms with Gasteiger partial charge in [-0.25, -0.2) is 0 Å². The Morgan fingerprint density at radius 1 is 1.17 bits per heavy atom. The molecule has 128 valence electrons. The maximum Gasteiger partial charge on any atom is 0.220 e. The van der Waals surface area contributed by atoms with Gasteiger partial charge in [0.15, 0.2) is 0 Å². The summed E-state index contributed by atoms with van der Waals surface area (Å²) in [6.07, 6.45) is 1.67. The molecule has 1 aliphatic rings. The molecule has 0 aliphatic carbocycles. The summed E-state index contributed by atoms with van der Waals surface area (Å²) in [6.45, 7) is 6.52. The molecule has 1 aromatic carbocycles. The zero-order valence-corrected chi connectivity index (χ0v) is 15.0. The Labute approximate surface area is 144 Å². The van der Waals surface area contributed by atoms with Crippen LogP contribution in [0.25, 0.3) is 0 Å². The third-order valence-corrected chi connectivity index (χ3v) is 5.18. The molecule has 0 radical (unpaired) electrons. The maximum absolute atomic E-state index is 11.8. The second-order valence-electron chi connectivity index (χ2n) is 6.14. The van der Waals surface area contributed by atoms with E-state index in [1.165, 1.54) is 5.56 Å². The molecule has 2 rings (SSSR count). The molecule has 1 fully saturated rings. The highest BCUT2D eigenvalue weighted by molar-refractivity contribution is 7.98. The Kier molecular flexibility index (Phi) is 8.50. The molecule has 0 saturated carbocycles. The number of carbonyl (C=O) groups is 1. The predicted molar refractivity (Wildman–Crippen MR) is 98.8 cm³/mol. The molecule has 23 heavy (non-hydrogen) atoms. The van der Waals surface area contributed by atoms with Gasteiger partial charge in [-0.15, -0.1) is 0 Å². The van der Waals surface area contributed by atoms with E-state index in [1.54, 1.807) is 0 Å². The van der Waals surface area contributed by atoms with Gasteiger partial charge in [0, 0.05) is 50.7 Å². The van der Waals surface area contributed by atoms with Crippen LogP contribution in [0, 0.1) is 0 Å². The van der Waals surface area contributed by atoms with Crippen LogP contribution in [0.4, 0.5) is 0 Å². The highest BCUT2D eigenvalue weighted by Crippen LogP contribution is 2.12. The largest absolute Gasteiger partial charge is 0.356 e. The van der Waals surface area contributed by atoms with Crippen molar-refractivity contribution < 1.29 is 4.79 Å². The average molecular weight is 336 g/mol. The summed E-state index contributed by atoms with van der Waals surface area (Å²) in [4.78, 5) is 16.7. The standard InChI is InChI=1S/C18H29N3OS/c1-20-11-13-21(14-12-20)10-5-9-19-18(22)8-15-23-16-17-6-3-2-4-7-17/h2-4,6-7H,5,8-16H2,1H3,(H,19,22). The van der Waals surface area contributed by atoms with Crippen molar-refractivity contribution >= 4 is 17.7 Å². The van der Waals surface area contributed by atoms with Gasteiger partial charge >= 0.3 is 0 Å². The summed E-state index contributed by atoms with van der Waals surface area (Å²) < 4.78 is 0. The molecule has 0 aromatic heterocycles. The smallest absolute Gasteiger partial charge is 0.220 e. The number of piperazine rings is 1. The number of amides is 1. The third-order valence-electron chi connectivity index (χ3n) is 4.15. The Morgan fingerprint density at radius 2 is 1.91 bits per heavy atom. The Bertz CT molecular complexity index is 447. The van der Waals surface area contributed by atoms with Crippen LogP contribution in [0.1, 0.15) is 18.4 Å². The lowest BCUT2D eigenvalue weighted by molar-refractivity contribution is -0.120. The van der Waals surface area contributed by atoms with Gasteiger partial charge in [-0.3, -0.25) is 4.79 Å². The van der Waals surface area contributed by atoms with E-state index in [0.717, 1.165) is 57.2 Å². The molecule has 5 heteroatoms. The minimum absolute atomic E-state index is 0.184. The number of rotatable bonds is 9. The number of carbonyl (C=O) groups excluding carboxylic acids is 1. The van der Waals surface area contributed by atoms with Crippen molar-refractivity contribution in [1.82, 2.24) is 15.1 Å². The first kappa shape index (κ1) is 18.3. The van der Waals surface area contributed by atoms with Crippen molar-refractivity contribution in [2.75, 3.05) is 52.1 Å². The van der Waals surface area contributed by atoms with Crippen LogP contribution in [0.2, 0.25) is 0 Å². The van der Waals surface area contributed by atoms with Crippen molar-refractivity contribution in [3.8, 4) is 0 Å². The molecule has 1 saturated heterocycles. The highest BCUT2D eigenvalue weighted by atomic mass is 32.2. The van der Waals surface area contributed by atoms with E-state index in [0.29, 0.717) is 6.42 Å². The van der Waals surface area contributed by atoms with Crippen molar-refractivity contribution in [3.63, 3.8) is 0 Å². The van der Waals surface area contributed by atoms with Crippen molar-refractivity contribution in [2.45, 2.75) is 18.6 Å². The predicted octanol–water partition coefficient (Wildman–Crippen LogP) is 2.06. The summed E-state index contributed by atoms with van der Waals surface area (Å²) in [7, 11) is 2.17. The number of hydrogen-bond donors (Lipinski definition) is 1. The van der Waals surface area contributed by atoms with Crippen LogP contribution in [0.5, 0.6) is 0 Å². The number of nitrogens with zero attached hydrogens (tertiary/aromatic N) is 2. The van der Waals surface area contributed by atoms with Gasteiger partial charge in [-0.2, -0.15) is 11.8 Å². The first-order valence-corrected chi connectivity index (χ1v) is 9.69. The molecule has 1 aliphatic heterocycles. The van der Waals surface area contributed by atoms with Gasteiger partial charge < -0.3 is 15.1 Å². The minimum atomic E-state index is 0.184. The number of nitrogens with one attached hydrogen (secondary N) is 1. The van der Waals surface area contributed by atoms with Gasteiger partial charge in [0.25, 0.3) is 0 Å². The van der Waals surface area contributed by atoms with Crippen LogP contribution >= 0.6 is 11.8 Å². The molecule has 0 unspecified atom stereocenters. The molecule has 1 N–H and O–H groups in total. The van der Waals surface area contributed by atoms with Crippen LogP contribution in [0.15, 0.2) is 30.3 Å². The number of hydrogen-bond acceptors (Lipinski definition) is 4. The monoisotopic (exact) mass is 335 g/mol. The van der Waals surface area contributed by atoms with E-state index >= 15 is 0 Å². The molecule has 4 nitrogen and oxygen atoms in total. The van der Waals surface area contributed by atoms with E-state index in [1.807, 2.05) is 17.8 Å². The number of thioether (sulfide) groups is 1. The summed E-state index contributed by atoms with van der Waals surface area (Å²) >= 11 is 1.82. The van der Waals surface area contributed by atoms with Crippen molar-refractivity contribution in [2.24, 2.45) is 0 Å². The molecule has 1 amide bonds. The van der Waals surface area contributed by atoms with Crippen molar-refractivity contribution in [1.29, 1.82) is 0 Å². The zero-order valence-electron chi connectivity index (χ0n) is 14.2. The van der Waals surface area contributed by atoms with Gasteiger partial charge in [0.1, 0.15) is 0 Å². The number of benzene rings is 1. The summed E-state index contributed by atoms with van der Waals surface area (Å²) in [6, 6.07) is 10.4. The van der Waals surface area contributed by atoms with Gasteiger partial charge in [0.05, 0.1) is 0 Å². The Balaban J connectivity index is 1.44. The lowest BCUT2D eigenvalue weighted by Crippen LogP contribution is -2.45. The lowest BCUT2D eigenvalue weighted by atomic mass is 10.2. The van der Waals surface area contributed by atoms with E-state index in [-0.39, 0.29) is 5.91 Å². The molecule has 1 heterocycles. The fraction of sp³-hybridized carbons (Fsp3) is 0.611. The van der Waals surface area contributed by atoms with Gasteiger partial charge in [0.2, 0.25) is 5.91 Å². The fourth-order valence-corrected chi connectivity index (χ4v) is 3.52. The molecular formula is C18H29N3OS. The summed E-state index contributed by atoms with van der Waals surface area (Å²) in [5, 5.41) is 3.04. The van der Waals surface area contributed by atoms with E-state index in [9.17, 15) is 4.79 Å². The zero-order chi connectivity index (χ0) is 16.3. The van der Waals surface area contributed by atoms with Crippen molar-refractivity contribution in [3.05, 3.63) is 35.9 Å². The van der Waals surface area contributed by atoms with Crippen LogP contribution in [-0.4, -0.2) is 67.8 Å².